The third-order valence-electron chi connectivity index (χ3n) is 10.3. The van der Waals surface area contributed by atoms with Crippen LogP contribution >= 0.6 is 0 Å². The van der Waals surface area contributed by atoms with Crippen LogP contribution in [0.3, 0.4) is 0 Å². The molecule has 4 heterocycles. The topological polar surface area (TPSA) is 115 Å². The van der Waals surface area contributed by atoms with Gasteiger partial charge in [-0.25, -0.2) is 19.9 Å². The molecule has 0 aliphatic rings. The van der Waals surface area contributed by atoms with Crippen LogP contribution in [-0.2, 0) is 59.2 Å². The summed E-state index contributed by atoms with van der Waals surface area (Å²) >= 11 is 0. The summed E-state index contributed by atoms with van der Waals surface area (Å²) in [5.41, 5.74) is 7.07. The highest BCUT2D eigenvalue weighted by molar-refractivity contribution is 5.82. The Kier molecular flexibility index (Phi) is 11.4. The van der Waals surface area contributed by atoms with E-state index in [4.69, 9.17) is 19.9 Å². The number of ketones is 1. The molecule has 0 spiro atoms. The summed E-state index contributed by atoms with van der Waals surface area (Å²) in [4.78, 5) is 38.6. The Morgan fingerprint density at radius 1 is 0.458 bits per heavy atom. The van der Waals surface area contributed by atoms with Gasteiger partial charge in [-0.15, -0.1) is 0 Å². The first kappa shape index (κ1) is 39.0. The molecule has 0 saturated heterocycles. The van der Waals surface area contributed by atoms with Gasteiger partial charge >= 0.3 is 0 Å². The third kappa shape index (κ3) is 9.14. The molecular formula is C47H48N10O2. The molecule has 0 amide bonds. The molecule has 0 unspecified atom stereocenters. The number of phenols is 1. The van der Waals surface area contributed by atoms with E-state index in [9.17, 15) is 9.90 Å². The van der Waals surface area contributed by atoms with Crippen molar-refractivity contribution < 1.29 is 9.90 Å². The van der Waals surface area contributed by atoms with Crippen LogP contribution in [0.15, 0.2) is 140 Å². The fourth-order valence-electron chi connectivity index (χ4n) is 7.70. The van der Waals surface area contributed by atoms with E-state index in [1.807, 2.05) is 150 Å². The van der Waals surface area contributed by atoms with Crippen molar-refractivity contribution in [2.75, 3.05) is 13.1 Å². The Morgan fingerprint density at radius 2 is 0.763 bits per heavy atom. The molecule has 59 heavy (non-hydrogen) atoms. The van der Waals surface area contributed by atoms with Crippen molar-refractivity contribution in [1.29, 1.82) is 0 Å². The first-order valence-corrected chi connectivity index (χ1v) is 19.7. The molecule has 0 fully saturated rings. The fraction of sp³-hybridized carbons (Fsp3) is 0.213. The van der Waals surface area contributed by atoms with Gasteiger partial charge in [-0.3, -0.25) is 14.6 Å². The lowest BCUT2D eigenvalue weighted by Crippen LogP contribution is -2.37. The maximum Gasteiger partial charge on any atom is 0.160 e. The predicted molar refractivity (Wildman–Crippen MR) is 229 cm³/mol. The first-order chi connectivity index (χ1) is 28.7. The number of hydrogen-bond acceptors (Lipinski definition) is 8. The molecule has 0 atom stereocenters. The normalized spacial score (nSPS) is 11.6. The minimum absolute atomic E-state index is 0.0412. The van der Waals surface area contributed by atoms with E-state index in [1.165, 1.54) is 0 Å². The summed E-state index contributed by atoms with van der Waals surface area (Å²) in [7, 11) is 7.91. The van der Waals surface area contributed by atoms with E-state index >= 15 is 0 Å². The second-order valence-corrected chi connectivity index (χ2v) is 15.1. The highest BCUT2D eigenvalue weighted by Gasteiger charge is 2.22. The van der Waals surface area contributed by atoms with Gasteiger partial charge in [0.05, 0.1) is 41.4 Å². The Balaban J connectivity index is 1.07. The number of aromatic nitrogens is 8. The van der Waals surface area contributed by atoms with Crippen LogP contribution in [0.2, 0.25) is 0 Å². The average molecular weight is 785 g/mol. The van der Waals surface area contributed by atoms with Gasteiger partial charge in [0, 0.05) is 95.8 Å². The number of nitrogens with zero attached hydrogens (tertiary/aromatic N) is 10. The van der Waals surface area contributed by atoms with Crippen molar-refractivity contribution in [2.45, 2.75) is 26.2 Å². The standard InChI is InChI=1S/C47H48N10O2/c1-52-24-37(48-44(52)34-16-8-5-9-17-34)28-56(29-38-25-53(2)45(49-38)35-18-10-6-11-19-35)32-41(58)33-57(30-39-26-54(3)46(50-39)36-20-12-7-13-21-36)31-40-27-55(4)47(51-40)42-22-14-15-23-43(42)59/h5-27,59H,28-33H2,1-4H3. The summed E-state index contributed by atoms with van der Waals surface area (Å²) in [6.45, 7) is 2.06. The SMILES string of the molecule is Cn1cc(CN(CC(=O)CN(Cc2cn(C)c(-c3ccccc3)n2)Cc2cn(C)c(-c3ccccc3O)n2)Cc2cn(C)c(-c3ccccc3)n2)nc1-c1ccccc1. The Labute approximate surface area is 344 Å². The van der Waals surface area contributed by atoms with Gasteiger partial charge in [0.1, 0.15) is 29.0 Å². The fourth-order valence-corrected chi connectivity index (χ4v) is 7.70. The van der Waals surface area contributed by atoms with Crippen LogP contribution in [-0.4, -0.2) is 72.0 Å². The Bertz CT molecular complexity index is 2570. The second-order valence-electron chi connectivity index (χ2n) is 15.1. The number of hydrogen-bond donors (Lipinski definition) is 1. The van der Waals surface area contributed by atoms with E-state index in [0.29, 0.717) is 37.6 Å². The van der Waals surface area contributed by atoms with E-state index in [0.717, 1.165) is 56.9 Å². The van der Waals surface area contributed by atoms with Crippen LogP contribution in [0.1, 0.15) is 22.8 Å². The highest BCUT2D eigenvalue weighted by Crippen LogP contribution is 2.28. The summed E-state index contributed by atoms with van der Waals surface area (Å²) in [5.74, 6) is 3.44. The zero-order valence-electron chi connectivity index (χ0n) is 33.8. The van der Waals surface area contributed by atoms with Gasteiger partial charge in [-0.2, -0.15) is 0 Å². The van der Waals surface area contributed by atoms with Gasteiger partial charge in [-0.05, 0) is 12.1 Å². The molecule has 1 N–H and O–H groups in total. The van der Waals surface area contributed by atoms with E-state index < -0.39 is 0 Å². The summed E-state index contributed by atoms with van der Waals surface area (Å²) in [6, 6.07) is 37.5. The van der Waals surface area contributed by atoms with Crippen LogP contribution < -0.4 is 0 Å². The number of para-hydroxylation sites is 1. The number of carbonyl (C=O) groups excluding carboxylic acids is 1. The molecule has 12 nitrogen and oxygen atoms in total. The molecule has 0 radical (unpaired) electrons. The minimum atomic E-state index is 0.0412. The lowest BCUT2D eigenvalue weighted by Gasteiger charge is -2.23. The van der Waals surface area contributed by atoms with Crippen LogP contribution in [0.5, 0.6) is 5.75 Å². The number of carbonyl (C=O) groups is 1. The molecule has 0 saturated carbocycles. The Morgan fingerprint density at radius 3 is 1.12 bits per heavy atom. The summed E-state index contributed by atoms with van der Waals surface area (Å²) in [6.07, 6.45) is 8.05. The van der Waals surface area contributed by atoms with Gasteiger partial charge in [0.2, 0.25) is 0 Å². The maximum atomic E-state index is 14.4. The van der Waals surface area contributed by atoms with Crippen molar-refractivity contribution in [2.24, 2.45) is 28.2 Å². The second kappa shape index (κ2) is 17.3. The number of Topliss-reactive ketones (excluding diaryl/α,β-unsaturated/α-hetero) is 1. The van der Waals surface area contributed by atoms with Gasteiger partial charge < -0.3 is 23.4 Å². The molecule has 0 aliphatic heterocycles. The number of benzene rings is 4. The molecule has 4 aromatic heterocycles. The van der Waals surface area contributed by atoms with Gasteiger partial charge in [0.25, 0.3) is 0 Å². The lowest BCUT2D eigenvalue weighted by atomic mass is 10.2. The first-order valence-electron chi connectivity index (χ1n) is 19.7. The van der Waals surface area contributed by atoms with Crippen molar-refractivity contribution >= 4 is 5.78 Å². The molecule has 0 aliphatic carbocycles. The number of imidazole rings is 4. The lowest BCUT2D eigenvalue weighted by molar-refractivity contribution is -0.121. The number of phenolic OH excluding ortho intramolecular Hbond substituents is 1. The largest absolute Gasteiger partial charge is 0.507 e. The van der Waals surface area contributed by atoms with Crippen LogP contribution in [0.4, 0.5) is 0 Å². The monoisotopic (exact) mass is 784 g/mol. The molecule has 8 rings (SSSR count). The molecule has 8 aromatic rings. The molecule has 4 aromatic carbocycles. The van der Waals surface area contributed by atoms with Crippen molar-refractivity contribution in [3.8, 4) is 51.3 Å². The smallest absolute Gasteiger partial charge is 0.160 e. The van der Waals surface area contributed by atoms with Gasteiger partial charge in [-0.1, -0.05) is 103 Å². The molecule has 0 bridgehead atoms. The summed E-state index contributed by atoms with van der Waals surface area (Å²) in [5, 5.41) is 10.6. The average Bonchev–Trinajstić information content (AvgIpc) is 4.00. The van der Waals surface area contributed by atoms with E-state index in [1.54, 1.807) is 12.1 Å². The van der Waals surface area contributed by atoms with Crippen molar-refractivity contribution in [1.82, 2.24) is 48.0 Å². The van der Waals surface area contributed by atoms with Crippen molar-refractivity contribution in [3.63, 3.8) is 0 Å². The van der Waals surface area contributed by atoms with Crippen molar-refractivity contribution in [3.05, 3.63) is 163 Å². The molecule has 298 valence electrons. The quantitative estimate of drug-likeness (QED) is 0.109. The third-order valence-corrected chi connectivity index (χ3v) is 10.3. The number of aryl methyl sites for hydroxylation is 4. The van der Waals surface area contributed by atoms with Crippen LogP contribution in [0.25, 0.3) is 45.6 Å². The summed E-state index contributed by atoms with van der Waals surface area (Å²) < 4.78 is 8.01. The predicted octanol–water partition coefficient (Wildman–Crippen LogP) is 7.27. The maximum absolute atomic E-state index is 14.4. The molecule has 12 heteroatoms. The van der Waals surface area contributed by atoms with Crippen LogP contribution in [0, 0.1) is 0 Å². The van der Waals surface area contributed by atoms with E-state index in [2.05, 4.69) is 34.1 Å². The molecular weight excluding hydrogens is 737 g/mol. The minimum Gasteiger partial charge on any atom is -0.507 e. The Hall–Kier alpha value is -6.89. The number of rotatable bonds is 16. The highest BCUT2D eigenvalue weighted by atomic mass is 16.3. The van der Waals surface area contributed by atoms with E-state index in [-0.39, 0.29) is 24.6 Å². The number of aromatic hydroxyl groups is 1. The van der Waals surface area contributed by atoms with Gasteiger partial charge in [0.15, 0.2) is 5.78 Å². The zero-order valence-corrected chi connectivity index (χ0v) is 33.8. The zero-order chi connectivity index (χ0) is 40.9.